The molecule has 1 atom stereocenters. The summed E-state index contributed by atoms with van der Waals surface area (Å²) in [6, 6.07) is 8.07. The summed E-state index contributed by atoms with van der Waals surface area (Å²) in [7, 11) is 0. The smallest absolute Gasteiger partial charge is 0.270 e. The molecule has 2 aliphatic rings. The first-order valence-corrected chi connectivity index (χ1v) is 12.0. The fourth-order valence-corrected chi connectivity index (χ4v) is 5.07. The molecule has 2 fully saturated rings. The van der Waals surface area contributed by atoms with Gasteiger partial charge in [0.1, 0.15) is 5.69 Å². The molecule has 0 spiro atoms. The van der Waals surface area contributed by atoms with E-state index in [1.807, 2.05) is 29.2 Å². The summed E-state index contributed by atoms with van der Waals surface area (Å²) in [5.74, 6) is 0.507. The third-order valence-electron chi connectivity index (χ3n) is 6.85. The van der Waals surface area contributed by atoms with Crippen LogP contribution in [-0.4, -0.2) is 65.4 Å². The first kappa shape index (κ1) is 22.2. The van der Waals surface area contributed by atoms with Crippen molar-refractivity contribution in [3.8, 4) is 0 Å². The van der Waals surface area contributed by atoms with Crippen molar-refractivity contribution in [1.82, 2.24) is 20.1 Å². The number of carbonyl (C=O) groups excluding carboxylic acids is 2. The zero-order valence-corrected chi connectivity index (χ0v) is 19.1. The molecule has 0 bridgehead atoms. The lowest BCUT2D eigenvalue weighted by Gasteiger charge is -2.33. The molecule has 0 radical (unpaired) electrons. The van der Waals surface area contributed by atoms with Crippen LogP contribution in [0.5, 0.6) is 0 Å². The highest BCUT2D eigenvalue weighted by atomic mass is 35.5. The van der Waals surface area contributed by atoms with Crippen molar-refractivity contribution in [1.29, 1.82) is 0 Å². The van der Waals surface area contributed by atoms with Crippen molar-refractivity contribution in [2.75, 3.05) is 32.7 Å². The van der Waals surface area contributed by atoms with Crippen molar-refractivity contribution in [3.63, 3.8) is 0 Å². The van der Waals surface area contributed by atoms with Crippen LogP contribution in [0.2, 0.25) is 5.02 Å². The number of amides is 2. The van der Waals surface area contributed by atoms with Gasteiger partial charge in [-0.15, -0.1) is 0 Å². The van der Waals surface area contributed by atoms with Gasteiger partial charge in [0.05, 0.1) is 0 Å². The Morgan fingerprint density at radius 1 is 1.13 bits per heavy atom. The van der Waals surface area contributed by atoms with E-state index in [4.69, 9.17) is 11.6 Å². The molecule has 168 valence electrons. The molecule has 31 heavy (non-hydrogen) atoms. The Labute approximate surface area is 189 Å². The van der Waals surface area contributed by atoms with Crippen molar-refractivity contribution in [2.24, 2.45) is 5.92 Å². The maximum Gasteiger partial charge on any atom is 0.270 e. The highest BCUT2D eigenvalue weighted by molar-refractivity contribution is 6.31. The van der Waals surface area contributed by atoms with Crippen molar-refractivity contribution < 1.29 is 9.59 Å². The number of halogens is 1. The van der Waals surface area contributed by atoms with E-state index < -0.39 is 0 Å². The number of hydrogen-bond acceptors (Lipinski definition) is 3. The molecule has 0 saturated carbocycles. The third-order valence-corrected chi connectivity index (χ3v) is 7.09. The van der Waals surface area contributed by atoms with Crippen molar-refractivity contribution in [3.05, 3.63) is 35.0 Å². The molecule has 2 amide bonds. The fraction of sp³-hybridized carbons (Fsp3) is 0.583. The third kappa shape index (κ3) is 5.60. The van der Waals surface area contributed by atoms with Crippen LogP contribution < -0.4 is 5.32 Å². The van der Waals surface area contributed by atoms with E-state index >= 15 is 0 Å². The lowest BCUT2D eigenvalue weighted by molar-refractivity contribution is -0.122. The van der Waals surface area contributed by atoms with Crippen LogP contribution in [0.4, 0.5) is 0 Å². The summed E-state index contributed by atoms with van der Waals surface area (Å²) in [5, 5.41) is 4.71. The standard InChI is InChI=1S/C24H33ClN4O2/c1-17-4-2-3-10-28(17)13-9-26-23(30)14-18-7-11-29(12-8-18)24(31)22-16-19-15-20(25)5-6-21(19)27-22/h5-6,15-18,27H,2-4,7-14H2,1H3,(H,26,30)/t17-/m0/s1. The van der Waals surface area contributed by atoms with Crippen LogP contribution in [0.3, 0.4) is 0 Å². The van der Waals surface area contributed by atoms with E-state index in [0.717, 1.165) is 43.4 Å². The van der Waals surface area contributed by atoms with Gasteiger partial charge in [0.25, 0.3) is 5.91 Å². The Morgan fingerprint density at radius 3 is 2.71 bits per heavy atom. The summed E-state index contributed by atoms with van der Waals surface area (Å²) >= 11 is 6.05. The van der Waals surface area contributed by atoms with Gasteiger partial charge in [-0.3, -0.25) is 14.5 Å². The Kier molecular flexibility index (Phi) is 7.18. The van der Waals surface area contributed by atoms with E-state index in [1.54, 1.807) is 0 Å². The molecular formula is C24H33ClN4O2. The van der Waals surface area contributed by atoms with Crippen LogP contribution >= 0.6 is 11.6 Å². The predicted molar refractivity (Wildman–Crippen MR) is 124 cm³/mol. The molecule has 7 heteroatoms. The van der Waals surface area contributed by atoms with E-state index in [9.17, 15) is 9.59 Å². The monoisotopic (exact) mass is 444 g/mol. The number of likely N-dealkylation sites (tertiary alicyclic amines) is 2. The lowest BCUT2D eigenvalue weighted by Crippen LogP contribution is -2.43. The molecule has 1 aromatic heterocycles. The second kappa shape index (κ2) is 10.0. The number of benzene rings is 1. The molecular weight excluding hydrogens is 412 g/mol. The average molecular weight is 445 g/mol. The minimum absolute atomic E-state index is 0.0193. The predicted octanol–water partition coefficient (Wildman–Crippen LogP) is 4.05. The fourth-order valence-electron chi connectivity index (χ4n) is 4.89. The topological polar surface area (TPSA) is 68.4 Å². The highest BCUT2D eigenvalue weighted by Gasteiger charge is 2.26. The van der Waals surface area contributed by atoms with Crippen LogP contribution in [0.15, 0.2) is 24.3 Å². The van der Waals surface area contributed by atoms with Gasteiger partial charge in [-0.05, 0) is 69.3 Å². The number of nitrogens with zero attached hydrogens (tertiary/aromatic N) is 2. The number of fused-ring (bicyclic) bond motifs is 1. The molecule has 1 aromatic carbocycles. The van der Waals surface area contributed by atoms with Gasteiger partial charge in [0.2, 0.25) is 5.91 Å². The summed E-state index contributed by atoms with van der Waals surface area (Å²) in [5.41, 5.74) is 1.51. The van der Waals surface area contributed by atoms with E-state index in [-0.39, 0.29) is 11.8 Å². The van der Waals surface area contributed by atoms with Gasteiger partial charge in [-0.25, -0.2) is 0 Å². The molecule has 2 aromatic rings. The van der Waals surface area contributed by atoms with Crippen LogP contribution in [-0.2, 0) is 4.79 Å². The minimum atomic E-state index is 0.0193. The van der Waals surface area contributed by atoms with Gasteiger partial charge in [-0.2, -0.15) is 0 Å². The minimum Gasteiger partial charge on any atom is -0.355 e. The van der Waals surface area contributed by atoms with Gasteiger partial charge in [-0.1, -0.05) is 18.0 Å². The zero-order valence-electron chi connectivity index (χ0n) is 18.3. The average Bonchev–Trinajstić information content (AvgIpc) is 3.18. The molecule has 0 aliphatic carbocycles. The second-order valence-corrected chi connectivity index (χ2v) is 9.52. The summed E-state index contributed by atoms with van der Waals surface area (Å²) in [6.45, 7) is 6.48. The molecule has 3 heterocycles. The van der Waals surface area contributed by atoms with Crippen LogP contribution in [0.1, 0.15) is 55.9 Å². The number of rotatable bonds is 6. The molecule has 2 N–H and O–H groups in total. The van der Waals surface area contributed by atoms with E-state index in [0.29, 0.717) is 42.2 Å². The maximum absolute atomic E-state index is 12.9. The molecule has 6 nitrogen and oxygen atoms in total. The zero-order chi connectivity index (χ0) is 21.8. The number of H-pyrrole nitrogens is 1. The largest absolute Gasteiger partial charge is 0.355 e. The molecule has 0 unspecified atom stereocenters. The quantitative estimate of drug-likeness (QED) is 0.706. The van der Waals surface area contributed by atoms with Gasteiger partial charge in [0, 0.05) is 54.6 Å². The molecule has 4 rings (SSSR count). The SMILES string of the molecule is C[C@H]1CCCCN1CCNC(=O)CC1CCN(C(=O)c2cc3cc(Cl)ccc3[nH]2)CC1. The number of aromatic amines is 1. The summed E-state index contributed by atoms with van der Waals surface area (Å²) in [6.07, 6.45) is 6.14. The summed E-state index contributed by atoms with van der Waals surface area (Å²) < 4.78 is 0. The van der Waals surface area contributed by atoms with Gasteiger partial charge in [0.15, 0.2) is 0 Å². The number of piperidine rings is 2. The van der Waals surface area contributed by atoms with Crippen LogP contribution in [0, 0.1) is 5.92 Å². The lowest BCUT2D eigenvalue weighted by atomic mass is 9.93. The van der Waals surface area contributed by atoms with Gasteiger partial charge >= 0.3 is 0 Å². The van der Waals surface area contributed by atoms with E-state index in [2.05, 4.69) is 22.1 Å². The number of carbonyl (C=O) groups is 2. The van der Waals surface area contributed by atoms with Crippen LogP contribution in [0.25, 0.3) is 10.9 Å². The second-order valence-electron chi connectivity index (χ2n) is 9.09. The Morgan fingerprint density at radius 2 is 1.94 bits per heavy atom. The number of hydrogen-bond donors (Lipinski definition) is 2. The Balaban J connectivity index is 1.20. The van der Waals surface area contributed by atoms with E-state index in [1.165, 1.54) is 19.3 Å². The normalized spacial score (nSPS) is 20.8. The molecule has 2 saturated heterocycles. The van der Waals surface area contributed by atoms with Gasteiger partial charge < -0.3 is 15.2 Å². The highest BCUT2D eigenvalue weighted by Crippen LogP contribution is 2.24. The number of nitrogens with one attached hydrogen (secondary N) is 2. The first-order chi connectivity index (χ1) is 15.0. The first-order valence-electron chi connectivity index (χ1n) is 11.6. The Bertz CT molecular complexity index is 919. The number of aromatic nitrogens is 1. The van der Waals surface area contributed by atoms with Crippen molar-refractivity contribution >= 4 is 34.3 Å². The summed E-state index contributed by atoms with van der Waals surface area (Å²) in [4.78, 5) is 32.8. The maximum atomic E-state index is 12.9. The Hall–Kier alpha value is -2.05. The molecule has 2 aliphatic heterocycles. The van der Waals surface area contributed by atoms with Crippen molar-refractivity contribution in [2.45, 2.75) is 51.5 Å².